The maximum Gasteiger partial charge on any atom is 0.265 e. The van der Waals surface area contributed by atoms with Crippen LogP contribution in [0.25, 0.3) is 0 Å². The van der Waals surface area contributed by atoms with Gasteiger partial charge in [0, 0.05) is 11.8 Å². The van der Waals surface area contributed by atoms with E-state index in [4.69, 9.17) is 10.3 Å². The Kier molecular flexibility index (Phi) is 7.62. The summed E-state index contributed by atoms with van der Waals surface area (Å²) in [5, 5.41) is 0. The summed E-state index contributed by atoms with van der Waals surface area (Å²) in [6.45, 7) is 0. The SMILES string of the molecule is NC1CCCCC1.O=S(=O)(O)CCS. The molecule has 1 rings (SSSR count). The van der Waals surface area contributed by atoms with E-state index in [0.717, 1.165) is 0 Å². The first-order chi connectivity index (χ1) is 6.45. The molecule has 1 aliphatic carbocycles. The summed E-state index contributed by atoms with van der Waals surface area (Å²) in [5.74, 6) is -0.102. The van der Waals surface area contributed by atoms with Crippen molar-refractivity contribution >= 4 is 22.7 Å². The Morgan fingerprint density at radius 2 is 1.79 bits per heavy atom. The Morgan fingerprint density at radius 3 is 1.93 bits per heavy atom. The number of hydrogen-bond donors (Lipinski definition) is 3. The summed E-state index contributed by atoms with van der Waals surface area (Å²) in [6, 6.07) is 0.536. The summed E-state index contributed by atoms with van der Waals surface area (Å²) in [7, 11) is -3.75. The van der Waals surface area contributed by atoms with Crippen molar-refractivity contribution in [2.75, 3.05) is 11.5 Å². The third-order valence-electron chi connectivity index (χ3n) is 2.00. The van der Waals surface area contributed by atoms with Gasteiger partial charge in [-0.1, -0.05) is 19.3 Å². The minimum Gasteiger partial charge on any atom is -0.328 e. The fourth-order valence-electron chi connectivity index (χ4n) is 1.25. The van der Waals surface area contributed by atoms with Crippen molar-refractivity contribution in [3.05, 3.63) is 0 Å². The standard InChI is InChI=1S/C6H13N.C2H6O3S2/c7-6-4-2-1-3-5-6;3-7(4,5)2-1-6/h6H,1-5,7H2;6H,1-2H2,(H,3,4,5). The summed E-state index contributed by atoms with van der Waals surface area (Å²) in [4.78, 5) is 0. The quantitative estimate of drug-likeness (QED) is 0.499. The molecule has 0 saturated heterocycles. The predicted octanol–water partition coefficient (Wildman–Crippen LogP) is 1.08. The van der Waals surface area contributed by atoms with Crippen LogP contribution >= 0.6 is 12.6 Å². The number of nitrogens with two attached hydrogens (primary N) is 1. The maximum atomic E-state index is 9.74. The van der Waals surface area contributed by atoms with Gasteiger partial charge in [0.25, 0.3) is 10.1 Å². The van der Waals surface area contributed by atoms with Gasteiger partial charge in [-0.3, -0.25) is 4.55 Å². The lowest BCUT2D eigenvalue weighted by Crippen LogP contribution is -2.22. The molecule has 14 heavy (non-hydrogen) atoms. The normalized spacial score (nSPS) is 18.5. The van der Waals surface area contributed by atoms with Crippen LogP contribution in [0.5, 0.6) is 0 Å². The maximum absolute atomic E-state index is 9.74. The monoisotopic (exact) mass is 241 g/mol. The first kappa shape index (κ1) is 14.2. The van der Waals surface area contributed by atoms with E-state index in [1.54, 1.807) is 0 Å². The zero-order valence-electron chi connectivity index (χ0n) is 8.22. The average Bonchev–Trinajstić information content (AvgIpc) is 2.04. The zero-order valence-corrected chi connectivity index (χ0v) is 9.93. The van der Waals surface area contributed by atoms with Gasteiger partial charge >= 0.3 is 0 Å². The van der Waals surface area contributed by atoms with Crippen LogP contribution in [0.1, 0.15) is 32.1 Å². The molecule has 1 aliphatic rings. The Hall–Kier alpha value is 0.220. The van der Waals surface area contributed by atoms with Gasteiger partial charge in [-0.2, -0.15) is 21.0 Å². The lowest BCUT2D eigenvalue weighted by Gasteiger charge is -2.15. The number of rotatable bonds is 2. The second kappa shape index (κ2) is 7.50. The highest BCUT2D eigenvalue weighted by molar-refractivity contribution is 7.87. The average molecular weight is 241 g/mol. The molecular weight excluding hydrogens is 222 g/mol. The molecule has 0 atom stereocenters. The van der Waals surface area contributed by atoms with Gasteiger partial charge in [0.15, 0.2) is 0 Å². The third kappa shape index (κ3) is 10.3. The van der Waals surface area contributed by atoms with Crippen molar-refractivity contribution in [3.8, 4) is 0 Å². The Morgan fingerprint density at radius 1 is 1.29 bits per heavy atom. The van der Waals surface area contributed by atoms with Gasteiger partial charge in [0.1, 0.15) is 0 Å². The fourth-order valence-corrected chi connectivity index (χ4v) is 2.17. The van der Waals surface area contributed by atoms with Crippen molar-refractivity contribution in [3.63, 3.8) is 0 Å². The lowest BCUT2D eigenvalue weighted by molar-refractivity contribution is 0.441. The zero-order chi connectivity index (χ0) is 11.0. The van der Waals surface area contributed by atoms with Crippen molar-refractivity contribution < 1.29 is 13.0 Å². The highest BCUT2D eigenvalue weighted by Crippen LogP contribution is 2.14. The second-order valence-electron chi connectivity index (χ2n) is 3.41. The van der Waals surface area contributed by atoms with E-state index in [9.17, 15) is 8.42 Å². The van der Waals surface area contributed by atoms with Crippen LogP contribution in [-0.4, -0.2) is 30.5 Å². The molecule has 0 amide bonds. The molecule has 86 valence electrons. The second-order valence-corrected chi connectivity index (χ2v) is 5.43. The topological polar surface area (TPSA) is 80.4 Å². The summed E-state index contributed by atoms with van der Waals surface area (Å²) in [5.41, 5.74) is 5.63. The predicted molar refractivity (Wildman–Crippen MR) is 61.3 cm³/mol. The molecule has 0 heterocycles. The molecule has 0 spiro atoms. The van der Waals surface area contributed by atoms with E-state index in [1.807, 2.05) is 0 Å². The van der Waals surface area contributed by atoms with E-state index < -0.39 is 10.1 Å². The van der Waals surface area contributed by atoms with Crippen molar-refractivity contribution in [1.29, 1.82) is 0 Å². The molecule has 0 radical (unpaired) electrons. The van der Waals surface area contributed by atoms with Crippen LogP contribution in [0.15, 0.2) is 0 Å². The van der Waals surface area contributed by atoms with Gasteiger partial charge in [0.2, 0.25) is 0 Å². The first-order valence-electron chi connectivity index (χ1n) is 4.77. The van der Waals surface area contributed by atoms with E-state index >= 15 is 0 Å². The molecule has 1 saturated carbocycles. The molecule has 0 aromatic rings. The van der Waals surface area contributed by atoms with Crippen molar-refractivity contribution in [1.82, 2.24) is 0 Å². The molecule has 0 aliphatic heterocycles. The van der Waals surface area contributed by atoms with Gasteiger partial charge in [-0.25, -0.2) is 0 Å². The minimum atomic E-state index is -3.75. The Labute approximate surface area is 91.4 Å². The minimum absolute atomic E-state index is 0.166. The highest BCUT2D eigenvalue weighted by atomic mass is 32.2. The van der Waals surface area contributed by atoms with Crippen molar-refractivity contribution in [2.24, 2.45) is 5.73 Å². The van der Waals surface area contributed by atoms with Crippen molar-refractivity contribution in [2.45, 2.75) is 38.1 Å². The Bertz CT molecular complexity index is 223. The van der Waals surface area contributed by atoms with Crippen LogP contribution in [0.3, 0.4) is 0 Å². The van der Waals surface area contributed by atoms with E-state index in [-0.39, 0.29) is 11.5 Å². The molecule has 6 heteroatoms. The number of hydrogen-bond acceptors (Lipinski definition) is 4. The lowest BCUT2D eigenvalue weighted by atomic mass is 9.97. The van der Waals surface area contributed by atoms with Crippen LogP contribution in [-0.2, 0) is 10.1 Å². The van der Waals surface area contributed by atoms with Gasteiger partial charge in [-0.15, -0.1) is 0 Å². The van der Waals surface area contributed by atoms with Gasteiger partial charge in [0.05, 0.1) is 5.75 Å². The summed E-state index contributed by atoms with van der Waals surface area (Å²) < 4.78 is 27.4. The molecule has 0 unspecified atom stereocenters. The first-order valence-corrected chi connectivity index (χ1v) is 7.01. The van der Waals surface area contributed by atoms with Gasteiger partial charge in [-0.05, 0) is 12.8 Å². The third-order valence-corrected chi connectivity index (χ3v) is 3.25. The molecule has 0 aromatic heterocycles. The highest BCUT2D eigenvalue weighted by Gasteiger charge is 2.06. The molecular formula is C8H19NO3S2. The molecule has 1 fully saturated rings. The van der Waals surface area contributed by atoms with E-state index in [1.165, 1.54) is 32.1 Å². The summed E-state index contributed by atoms with van der Waals surface area (Å²) in [6.07, 6.45) is 6.66. The summed E-state index contributed by atoms with van der Waals surface area (Å²) >= 11 is 3.57. The van der Waals surface area contributed by atoms with Crippen LogP contribution in [0.4, 0.5) is 0 Å². The molecule has 3 N–H and O–H groups in total. The van der Waals surface area contributed by atoms with E-state index in [2.05, 4.69) is 12.6 Å². The molecule has 0 bridgehead atoms. The van der Waals surface area contributed by atoms with Crippen LogP contribution in [0.2, 0.25) is 0 Å². The molecule has 0 aromatic carbocycles. The van der Waals surface area contributed by atoms with Crippen LogP contribution < -0.4 is 5.73 Å². The largest absolute Gasteiger partial charge is 0.328 e. The fraction of sp³-hybridized carbons (Fsp3) is 1.00. The smallest absolute Gasteiger partial charge is 0.265 e. The Balaban J connectivity index is 0.000000241. The van der Waals surface area contributed by atoms with Crippen LogP contribution in [0, 0.1) is 0 Å². The van der Waals surface area contributed by atoms with E-state index in [0.29, 0.717) is 6.04 Å². The molecule has 4 nitrogen and oxygen atoms in total. The van der Waals surface area contributed by atoms with Gasteiger partial charge < -0.3 is 5.73 Å². The number of thiol groups is 1.